The van der Waals surface area contributed by atoms with Crippen LogP contribution in [0.3, 0.4) is 0 Å². The van der Waals surface area contributed by atoms with Gasteiger partial charge in [0.05, 0.1) is 18.3 Å². The lowest BCUT2D eigenvalue weighted by Crippen LogP contribution is -2.37. The number of nitrogens with one attached hydrogen (secondary N) is 1. The van der Waals surface area contributed by atoms with Gasteiger partial charge >= 0.3 is 0 Å². The largest absolute Gasteiger partial charge is 0.291 e. The van der Waals surface area contributed by atoms with Crippen molar-refractivity contribution in [3.63, 3.8) is 0 Å². The van der Waals surface area contributed by atoms with Crippen LogP contribution in [-0.2, 0) is 6.67 Å². The topological polar surface area (TPSA) is 46.9 Å². The molecule has 0 spiro atoms. The summed E-state index contributed by atoms with van der Waals surface area (Å²) in [5.74, 6) is -0.260. The van der Waals surface area contributed by atoms with Gasteiger partial charge in [0.25, 0.3) is 5.56 Å². The summed E-state index contributed by atoms with van der Waals surface area (Å²) in [5.41, 5.74) is 0.735. The molecule has 0 bridgehead atoms. The Kier molecular flexibility index (Phi) is 4.68. The van der Waals surface area contributed by atoms with Crippen molar-refractivity contribution in [3.05, 3.63) is 76.5 Å². The lowest BCUT2D eigenvalue weighted by atomic mass is 9.82. The van der Waals surface area contributed by atoms with E-state index in [1.54, 1.807) is 24.4 Å². The summed E-state index contributed by atoms with van der Waals surface area (Å²) < 4.78 is 14.6. The highest BCUT2D eigenvalue weighted by atomic mass is 19.1. The van der Waals surface area contributed by atoms with Crippen LogP contribution in [0.1, 0.15) is 32.4 Å². The molecule has 0 unspecified atom stereocenters. The van der Waals surface area contributed by atoms with Crippen molar-refractivity contribution in [1.82, 2.24) is 15.1 Å². The van der Waals surface area contributed by atoms with Gasteiger partial charge in [-0.15, -0.1) is 0 Å². The average Bonchev–Trinajstić information content (AvgIpc) is 2.57. The molecule has 25 heavy (non-hydrogen) atoms. The first-order valence-electron chi connectivity index (χ1n) is 8.30. The van der Waals surface area contributed by atoms with Crippen LogP contribution < -0.4 is 10.9 Å². The first-order chi connectivity index (χ1) is 11.9. The van der Waals surface area contributed by atoms with E-state index in [0.29, 0.717) is 5.39 Å². The number of aromatic nitrogens is 2. The monoisotopic (exact) mass is 339 g/mol. The predicted octanol–water partition coefficient (Wildman–Crippen LogP) is 3.87. The van der Waals surface area contributed by atoms with E-state index in [1.807, 2.05) is 18.2 Å². The second-order valence-electron chi connectivity index (χ2n) is 7.25. The molecule has 0 saturated carbocycles. The van der Waals surface area contributed by atoms with Crippen molar-refractivity contribution >= 4 is 10.8 Å². The molecular weight excluding hydrogens is 317 g/mol. The highest BCUT2D eigenvalue weighted by Gasteiger charge is 2.26. The lowest BCUT2D eigenvalue weighted by Gasteiger charge is -2.32. The van der Waals surface area contributed by atoms with E-state index in [2.05, 4.69) is 31.2 Å². The van der Waals surface area contributed by atoms with Crippen molar-refractivity contribution in [3.8, 4) is 0 Å². The molecule has 1 heterocycles. The molecule has 1 aromatic heterocycles. The molecule has 5 heteroatoms. The summed E-state index contributed by atoms with van der Waals surface area (Å²) in [6.07, 6.45) is 1.70. The quantitative estimate of drug-likeness (QED) is 0.785. The standard InChI is InChI=1S/C20H22FN3O/c1-20(2,3)18(14-8-10-16(21)11-9-14)22-13-24-19(25)17-7-5-4-6-15(17)12-23-24/h4-12,18,22H,13H2,1-3H3/t18-/m0/s1. The number of halogens is 1. The number of nitrogens with zero attached hydrogens (tertiary/aromatic N) is 2. The first kappa shape index (κ1) is 17.3. The second kappa shape index (κ2) is 6.76. The molecule has 0 aliphatic rings. The maximum atomic E-state index is 13.2. The molecule has 0 amide bonds. The van der Waals surface area contributed by atoms with Crippen LogP contribution in [0.5, 0.6) is 0 Å². The molecule has 0 saturated heterocycles. The van der Waals surface area contributed by atoms with Crippen molar-refractivity contribution in [2.45, 2.75) is 33.5 Å². The van der Waals surface area contributed by atoms with Gasteiger partial charge in [-0.2, -0.15) is 5.10 Å². The summed E-state index contributed by atoms with van der Waals surface area (Å²) >= 11 is 0. The number of fused-ring (bicyclic) bond motifs is 1. The molecule has 0 aliphatic carbocycles. The Morgan fingerprint density at radius 2 is 1.80 bits per heavy atom. The van der Waals surface area contributed by atoms with Gasteiger partial charge < -0.3 is 0 Å². The highest BCUT2D eigenvalue weighted by Crippen LogP contribution is 2.32. The van der Waals surface area contributed by atoms with E-state index >= 15 is 0 Å². The number of hydrogen-bond donors (Lipinski definition) is 1. The molecule has 1 N–H and O–H groups in total. The van der Waals surface area contributed by atoms with Gasteiger partial charge in [-0.25, -0.2) is 9.07 Å². The fourth-order valence-electron chi connectivity index (χ4n) is 3.00. The average molecular weight is 339 g/mol. The highest BCUT2D eigenvalue weighted by molar-refractivity contribution is 5.80. The summed E-state index contributed by atoms with van der Waals surface area (Å²) in [4.78, 5) is 12.6. The third-order valence-electron chi connectivity index (χ3n) is 4.28. The third-order valence-corrected chi connectivity index (χ3v) is 4.28. The molecule has 3 aromatic rings. The van der Waals surface area contributed by atoms with Crippen molar-refractivity contribution in [1.29, 1.82) is 0 Å². The Bertz CT molecular complexity index is 926. The fourth-order valence-corrected chi connectivity index (χ4v) is 3.00. The molecule has 0 radical (unpaired) electrons. The van der Waals surface area contributed by atoms with Gasteiger partial charge in [0.2, 0.25) is 0 Å². The van der Waals surface area contributed by atoms with E-state index in [1.165, 1.54) is 16.8 Å². The Morgan fingerprint density at radius 3 is 2.48 bits per heavy atom. The van der Waals surface area contributed by atoms with Crippen LogP contribution in [0.2, 0.25) is 0 Å². The normalized spacial score (nSPS) is 13.1. The summed E-state index contributed by atoms with van der Waals surface area (Å²) in [6.45, 7) is 6.59. The summed E-state index contributed by atoms with van der Waals surface area (Å²) in [5, 5.41) is 9.12. The number of hydrogen-bond acceptors (Lipinski definition) is 3. The van der Waals surface area contributed by atoms with Crippen molar-refractivity contribution in [2.75, 3.05) is 0 Å². The Balaban J connectivity index is 1.88. The van der Waals surface area contributed by atoms with Crippen molar-refractivity contribution in [2.24, 2.45) is 5.41 Å². The van der Waals surface area contributed by atoms with E-state index in [0.717, 1.165) is 10.9 Å². The van der Waals surface area contributed by atoms with Crippen LogP contribution in [-0.4, -0.2) is 9.78 Å². The number of benzene rings is 2. The Hall–Kier alpha value is -2.53. The van der Waals surface area contributed by atoms with Gasteiger partial charge in [0, 0.05) is 11.4 Å². The second-order valence-corrected chi connectivity index (χ2v) is 7.25. The maximum absolute atomic E-state index is 13.2. The van der Waals surface area contributed by atoms with E-state index < -0.39 is 0 Å². The van der Waals surface area contributed by atoms with Gasteiger partial charge in [-0.05, 0) is 29.2 Å². The zero-order valence-corrected chi connectivity index (χ0v) is 14.7. The van der Waals surface area contributed by atoms with Crippen molar-refractivity contribution < 1.29 is 4.39 Å². The minimum Gasteiger partial charge on any atom is -0.291 e. The molecular formula is C20H22FN3O. The SMILES string of the molecule is CC(C)(C)[C@@H](NCn1ncc2ccccc2c1=O)c1ccc(F)cc1. The smallest absolute Gasteiger partial charge is 0.275 e. The summed E-state index contributed by atoms with van der Waals surface area (Å²) in [7, 11) is 0. The fraction of sp³-hybridized carbons (Fsp3) is 0.300. The molecule has 0 fully saturated rings. The summed E-state index contributed by atoms with van der Waals surface area (Å²) in [6, 6.07) is 13.8. The predicted molar refractivity (Wildman–Crippen MR) is 97.7 cm³/mol. The zero-order valence-electron chi connectivity index (χ0n) is 14.7. The van der Waals surface area contributed by atoms with Crippen LogP contribution in [0.4, 0.5) is 4.39 Å². The van der Waals surface area contributed by atoms with Gasteiger partial charge in [-0.1, -0.05) is 51.1 Å². The molecule has 130 valence electrons. The Labute approximate surface area is 146 Å². The van der Waals surface area contributed by atoms with Crippen LogP contribution in [0.15, 0.2) is 59.5 Å². The minimum absolute atomic E-state index is 0.0479. The van der Waals surface area contributed by atoms with E-state index in [9.17, 15) is 9.18 Å². The van der Waals surface area contributed by atoms with Crippen LogP contribution in [0.25, 0.3) is 10.8 Å². The van der Waals surface area contributed by atoms with Gasteiger partial charge in [0.15, 0.2) is 0 Å². The van der Waals surface area contributed by atoms with Gasteiger partial charge in [-0.3, -0.25) is 10.1 Å². The molecule has 3 rings (SSSR count). The van der Waals surface area contributed by atoms with E-state index in [-0.39, 0.29) is 29.5 Å². The molecule has 2 aromatic carbocycles. The van der Waals surface area contributed by atoms with Crippen LogP contribution >= 0.6 is 0 Å². The van der Waals surface area contributed by atoms with E-state index in [4.69, 9.17) is 0 Å². The third kappa shape index (κ3) is 3.77. The Morgan fingerprint density at radius 1 is 1.12 bits per heavy atom. The number of rotatable bonds is 4. The molecule has 4 nitrogen and oxygen atoms in total. The maximum Gasteiger partial charge on any atom is 0.275 e. The molecule has 1 atom stereocenters. The van der Waals surface area contributed by atoms with Crippen LogP contribution in [0, 0.1) is 11.2 Å². The molecule has 0 aliphatic heterocycles. The first-order valence-corrected chi connectivity index (χ1v) is 8.30. The van der Waals surface area contributed by atoms with Gasteiger partial charge in [0.1, 0.15) is 5.82 Å². The minimum atomic E-state index is -0.260. The lowest BCUT2D eigenvalue weighted by molar-refractivity contribution is 0.250. The zero-order chi connectivity index (χ0) is 18.0.